The third-order valence-electron chi connectivity index (χ3n) is 4.37. The van der Waals surface area contributed by atoms with Crippen molar-refractivity contribution >= 4 is 15.9 Å². The Balaban J connectivity index is 1.93. The van der Waals surface area contributed by atoms with Gasteiger partial charge in [-0.05, 0) is 49.3 Å². The molecular formula is C17H24BrF. The molecule has 19 heavy (non-hydrogen) atoms. The minimum atomic E-state index is -0.0595. The molecule has 1 unspecified atom stereocenters. The van der Waals surface area contributed by atoms with Crippen molar-refractivity contribution < 1.29 is 4.39 Å². The maximum Gasteiger partial charge on any atom is 0.129 e. The first kappa shape index (κ1) is 15.0. The van der Waals surface area contributed by atoms with E-state index in [1.807, 2.05) is 26.0 Å². The summed E-state index contributed by atoms with van der Waals surface area (Å²) in [5.74, 6) is 0.854. The Labute approximate surface area is 124 Å². The summed E-state index contributed by atoms with van der Waals surface area (Å²) in [6, 6.07) is 3.98. The van der Waals surface area contributed by atoms with Crippen molar-refractivity contribution in [3.05, 3.63) is 34.6 Å². The molecule has 1 aliphatic carbocycles. The Kier molecular flexibility index (Phi) is 5.44. The summed E-state index contributed by atoms with van der Waals surface area (Å²) in [5, 5.41) is 0. The van der Waals surface area contributed by atoms with Crippen molar-refractivity contribution in [2.75, 3.05) is 0 Å². The highest BCUT2D eigenvalue weighted by Crippen LogP contribution is 2.35. The molecule has 1 aromatic carbocycles. The summed E-state index contributed by atoms with van der Waals surface area (Å²) in [7, 11) is 0. The molecule has 0 heterocycles. The smallest absolute Gasteiger partial charge is 0.129 e. The molecular weight excluding hydrogens is 303 g/mol. The van der Waals surface area contributed by atoms with E-state index in [1.165, 1.54) is 44.1 Å². The molecule has 0 saturated heterocycles. The van der Waals surface area contributed by atoms with Gasteiger partial charge in [0.15, 0.2) is 0 Å². The SMILES string of the molecule is Cc1cc(C(Br)CCC2CCCCC2)cc(C)c1F. The van der Waals surface area contributed by atoms with Crippen molar-refractivity contribution in [3.63, 3.8) is 0 Å². The highest BCUT2D eigenvalue weighted by Gasteiger charge is 2.17. The number of rotatable bonds is 4. The van der Waals surface area contributed by atoms with E-state index >= 15 is 0 Å². The Morgan fingerprint density at radius 1 is 1.16 bits per heavy atom. The first-order valence-corrected chi connectivity index (χ1v) is 8.40. The van der Waals surface area contributed by atoms with E-state index in [4.69, 9.17) is 0 Å². The van der Waals surface area contributed by atoms with Gasteiger partial charge in [0.05, 0.1) is 0 Å². The van der Waals surface area contributed by atoms with E-state index in [0.717, 1.165) is 23.5 Å². The van der Waals surface area contributed by atoms with Gasteiger partial charge in [-0.25, -0.2) is 4.39 Å². The van der Waals surface area contributed by atoms with Gasteiger partial charge in [0.1, 0.15) is 5.82 Å². The second kappa shape index (κ2) is 6.88. The quantitative estimate of drug-likeness (QED) is 0.574. The zero-order chi connectivity index (χ0) is 13.8. The fraction of sp³-hybridized carbons (Fsp3) is 0.647. The van der Waals surface area contributed by atoms with Crippen LogP contribution in [0.25, 0.3) is 0 Å². The molecule has 2 rings (SSSR count). The zero-order valence-corrected chi connectivity index (χ0v) is 13.6. The molecule has 106 valence electrons. The second-order valence-corrected chi connectivity index (χ2v) is 7.12. The van der Waals surface area contributed by atoms with Crippen molar-refractivity contribution in [2.24, 2.45) is 5.92 Å². The average molecular weight is 327 g/mol. The molecule has 2 heteroatoms. The maximum atomic E-state index is 13.6. The minimum Gasteiger partial charge on any atom is -0.206 e. The summed E-state index contributed by atoms with van der Waals surface area (Å²) < 4.78 is 13.6. The number of aryl methyl sites for hydroxylation is 2. The van der Waals surface area contributed by atoms with Crippen LogP contribution in [0.1, 0.15) is 66.5 Å². The highest BCUT2D eigenvalue weighted by molar-refractivity contribution is 9.09. The molecule has 1 aliphatic rings. The van der Waals surface area contributed by atoms with E-state index in [-0.39, 0.29) is 5.82 Å². The number of hydrogen-bond acceptors (Lipinski definition) is 0. The molecule has 1 aromatic rings. The van der Waals surface area contributed by atoms with Crippen molar-refractivity contribution in [3.8, 4) is 0 Å². The first-order valence-electron chi connectivity index (χ1n) is 7.48. The van der Waals surface area contributed by atoms with Gasteiger partial charge in [0, 0.05) is 4.83 Å². The molecule has 0 radical (unpaired) electrons. The molecule has 1 fully saturated rings. The third-order valence-corrected chi connectivity index (χ3v) is 5.36. The summed E-state index contributed by atoms with van der Waals surface area (Å²) in [4.78, 5) is 0.368. The maximum absolute atomic E-state index is 13.6. The molecule has 0 N–H and O–H groups in total. The average Bonchev–Trinajstić information content (AvgIpc) is 2.42. The van der Waals surface area contributed by atoms with E-state index in [2.05, 4.69) is 15.9 Å². The Hall–Kier alpha value is -0.370. The van der Waals surface area contributed by atoms with Crippen LogP contribution in [0.5, 0.6) is 0 Å². The molecule has 0 bridgehead atoms. The number of alkyl halides is 1. The summed E-state index contributed by atoms with van der Waals surface area (Å²) in [6.45, 7) is 3.71. The molecule has 0 amide bonds. The zero-order valence-electron chi connectivity index (χ0n) is 12.0. The predicted molar refractivity (Wildman–Crippen MR) is 83.4 cm³/mol. The van der Waals surface area contributed by atoms with Crippen molar-refractivity contribution in [1.82, 2.24) is 0 Å². The van der Waals surface area contributed by atoms with Crippen molar-refractivity contribution in [1.29, 1.82) is 0 Å². The van der Waals surface area contributed by atoms with Crippen LogP contribution in [0.4, 0.5) is 4.39 Å². The van der Waals surface area contributed by atoms with Crippen LogP contribution in [0.2, 0.25) is 0 Å². The fourth-order valence-corrected chi connectivity index (χ4v) is 3.71. The standard InChI is InChI=1S/C17H24BrF/c1-12-10-15(11-13(2)17(12)19)16(18)9-8-14-6-4-3-5-7-14/h10-11,14,16H,3-9H2,1-2H3. The van der Waals surface area contributed by atoms with Crippen LogP contribution in [0.3, 0.4) is 0 Å². The number of benzene rings is 1. The van der Waals surface area contributed by atoms with E-state index < -0.39 is 0 Å². The van der Waals surface area contributed by atoms with E-state index in [1.54, 1.807) is 0 Å². The van der Waals surface area contributed by atoms with E-state index in [0.29, 0.717) is 4.83 Å². The molecule has 0 aromatic heterocycles. The third kappa shape index (κ3) is 4.05. The van der Waals surface area contributed by atoms with Crippen LogP contribution in [-0.2, 0) is 0 Å². The van der Waals surface area contributed by atoms with Gasteiger partial charge in [0.2, 0.25) is 0 Å². The normalized spacial score (nSPS) is 18.5. The summed E-state index contributed by atoms with van der Waals surface area (Å²) in [6.07, 6.45) is 9.51. The van der Waals surface area contributed by atoms with Crippen LogP contribution in [0, 0.1) is 25.6 Å². The Bertz CT molecular complexity index is 398. The van der Waals surface area contributed by atoms with Crippen LogP contribution in [-0.4, -0.2) is 0 Å². The van der Waals surface area contributed by atoms with Gasteiger partial charge < -0.3 is 0 Å². The lowest BCUT2D eigenvalue weighted by molar-refractivity contribution is 0.332. The fourth-order valence-electron chi connectivity index (χ4n) is 3.18. The predicted octanol–water partition coefficient (Wildman–Crippen LogP) is 6.24. The van der Waals surface area contributed by atoms with Gasteiger partial charge in [-0.2, -0.15) is 0 Å². The number of halogens is 2. The van der Waals surface area contributed by atoms with Crippen LogP contribution >= 0.6 is 15.9 Å². The van der Waals surface area contributed by atoms with Crippen molar-refractivity contribution in [2.45, 2.75) is 63.6 Å². The lowest BCUT2D eigenvalue weighted by Crippen LogP contribution is -2.07. The highest BCUT2D eigenvalue weighted by atomic mass is 79.9. The molecule has 1 saturated carbocycles. The lowest BCUT2D eigenvalue weighted by Gasteiger charge is -2.22. The topological polar surface area (TPSA) is 0 Å². The lowest BCUT2D eigenvalue weighted by atomic mass is 9.85. The second-order valence-electron chi connectivity index (χ2n) is 6.02. The van der Waals surface area contributed by atoms with Gasteiger partial charge in [0.25, 0.3) is 0 Å². The Morgan fingerprint density at radius 2 is 1.74 bits per heavy atom. The summed E-state index contributed by atoms with van der Waals surface area (Å²) in [5.41, 5.74) is 2.75. The molecule has 1 atom stereocenters. The number of hydrogen-bond donors (Lipinski definition) is 0. The van der Waals surface area contributed by atoms with Crippen LogP contribution < -0.4 is 0 Å². The molecule has 0 aliphatic heterocycles. The molecule has 0 nitrogen and oxygen atoms in total. The van der Waals surface area contributed by atoms with Gasteiger partial charge in [-0.3, -0.25) is 0 Å². The minimum absolute atomic E-state index is 0.0595. The van der Waals surface area contributed by atoms with Gasteiger partial charge >= 0.3 is 0 Å². The largest absolute Gasteiger partial charge is 0.206 e. The van der Waals surface area contributed by atoms with Gasteiger partial charge in [-0.15, -0.1) is 0 Å². The first-order chi connectivity index (χ1) is 9.08. The van der Waals surface area contributed by atoms with Crippen LogP contribution in [0.15, 0.2) is 12.1 Å². The monoisotopic (exact) mass is 326 g/mol. The van der Waals surface area contributed by atoms with E-state index in [9.17, 15) is 4.39 Å². The van der Waals surface area contributed by atoms with Gasteiger partial charge in [-0.1, -0.05) is 60.2 Å². The summed E-state index contributed by atoms with van der Waals surface area (Å²) >= 11 is 3.78. The Morgan fingerprint density at radius 3 is 2.32 bits per heavy atom. The molecule has 0 spiro atoms.